The predicted molar refractivity (Wildman–Crippen MR) is 88.2 cm³/mol. The minimum absolute atomic E-state index is 0.253. The minimum atomic E-state index is -2.56. The molecular weight excluding hydrogens is 314 g/mol. The fourth-order valence-corrected chi connectivity index (χ4v) is 2.81. The van der Waals surface area contributed by atoms with Gasteiger partial charge in [0.25, 0.3) is 0 Å². The third-order valence-corrected chi connectivity index (χ3v) is 4.57. The first-order valence-corrected chi connectivity index (χ1v) is 8.21. The molecule has 0 unspecified atom stereocenters. The Morgan fingerprint density at radius 2 is 2.08 bits per heavy atom. The number of anilines is 1. The summed E-state index contributed by atoms with van der Waals surface area (Å²) in [5.41, 5.74) is 0.949. The van der Waals surface area contributed by atoms with Crippen molar-refractivity contribution in [2.75, 3.05) is 5.32 Å². The van der Waals surface area contributed by atoms with Crippen LogP contribution in [0.4, 0.5) is 14.7 Å². The van der Waals surface area contributed by atoms with Gasteiger partial charge in [-0.25, -0.2) is 18.7 Å². The molecule has 2 aromatic rings. The Morgan fingerprint density at radius 1 is 1.38 bits per heavy atom. The summed E-state index contributed by atoms with van der Waals surface area (Å²) >= 11 is 0. The van der Waals surface area contributed by atoms with Crippen molar-refractivity contribution >= 4 is 23.0 Å². The Morgan fingerprint density at radius 3 is 2.67 bits per heavy atom. The molecule has 1 amide bonds. The Labute approximate surface area is 139 Å². The second-order valence-corrected chi connectivity index (χ2v) is 7.20. The van der Waals surface area contributed by atoms with E-state index in [1.54, 1.807) is 0 Å². The molecule has 0 aromatic carbocycles. The van der Waals surface area contributed by atoms with Crippen LogP contribution in [0.5, 0.6) is 0 Å². The SMILES string of the molecule is Cc1ccc2nc(NC(=O)CC(C)(C)C(F)F)n(C3CCC3)c2n1. The lowest BCUT2D eigenvalue weighted by molar-refractivity contribution is -0.120. The average Bonchev–Trinajstić information content (AvgIpc) is 2.74. The van der Waals surface area contributed by atoms with Crippen molar-refractivity contribution in [3.8, 4) is 0 Å². The summed E-state index contributed by atoms with van der Waals surface area (Å²) in [6.45, 7) is 4.68. The molecule has 0 spiro atoms. The molecule has 0 aliphatic heterocycles. The number of rotatable bonds is 5. The Balaban J connectivity index is 1.90. The summed E-state index contributed by atoms with van der Waals surface area (Å²) in [6, 6.07) is 3.99. The topological polar surface area (TPSA) is 59.8 Å². The standard InChI is InChI=1S/C17H22F2N4O/c1-10-7-8-12-14(20-10)23(11-5-4-6-11)16(21-12)22-13(24)9-17(2,3)15(18)19/h7-8,11,15H,4-6,9H2,1-3H3,(H,21,22,24). The van der Waals surface area contributed by atoms with Crippen molar-refractivity contribution in [3.63, 3.8) is 0 Å². The lowest BCUT2D eigenvalue weighted by Crippen LogP contribution is -2.30. The first-order valence-electron chi connectivity index (χ1n) is 8.21. The molecule has 5 nitrogen and oxygen atoms in total. The van der Waals surface area contributed by atoms with Crippen LogP contribution in [0.15, 0.2) is 12.1 Å². The molecule has 0 bridgehead atoms. The Hall–Kier alpha value is -2.05. The molecule has 0 radical (unpaired) electrons. The third kappa shape index (κ3) is 3.12. The molecule has 0 atom stereocenters. The van der Waals surface area contributed by atoms with Crippen LogP contribution < -0.4 is 5.32 Å². The van der Waals surface area contributed by atoms with Gasteiger partial charge in [0.1, 0.15) is 5.52 Å². The van der Waals surface area contributed by atoms with Crippen LogP contribution in [0.2, 0.25) is 0 Å². The smallest absolute Gasteiger partial charge is 0.244 e. The first-order chi connectivity index (χ1) is 11.3. The number of amides is 1. The molecule has 1 N–H and O–H groups in total. The maximum atomic E-state index is 13.0. The lowest BCUT2D eigenvalue weighted by atomic mass is 9.89. The number of fused-ring (bicyclic) bond motifs is 1. The van der Waals surface area contributed by atoms with Crippen LogP contribution >= 0.6 is 0 Å². The molecule has 24 heavy (non-hydrogen) atoms. The van der Waals surface area contributed by atoms with E-state index in [0.717, 1.165) is 30.6 Å². The fraction of sp³-hybridized carbons (Fsp3) is 0.588. The molecule has 1 saturated carbocycles. The number of hydrogen-bond acceptors (Lipinski definition) is 3. The highest BCUT2D eigenvalue weighted by atomic mass is 19.3. The highest BCUT2D eigenvalue weighted by Crippen LogP contribution is 2.37. The van der Waals surface area contributed by atoms with Gasteiger partial charge in [-0.15, -0.1) is 0 Å². The zero-order valence-electron chi connectivity index (χ0n) is 14.1. The quantitative estimate of drug-likeness (QED) is 0.895. The number of halogens is 2. The van der Waals surface area contributed by atoms with E-state index in [4.69, 9.17) is 0 Å². The second kappa shape index (κ2) is 6.11. The summed E-state index contributed by atoms with van der Waals surface area (Å²) in [6.07, 6.45) is 0.323. The van der Waals surface area contributed by atoms with Crippen LogP contribution in [-0.4, -0.2) is 26.9 Å². The number of nitrogens with zero attached hydrogens (tertiary/aromatic N) is 3. The van der Waals surface area contributed by atoms with Crippen LogP contribution in [0.25, 0.3) is 11.2 Å². The average molecular weight is 336 g/mol. The van der Waals surface area contributed by atoms with Gasteiger partial charge in [0, 0.05) is 23.6 Å². The number of carbonyl (C=O) groups is 1. The normalized spacial score (nSPS) is 15.8. The lowest BCUT2D eigenvalue weighted by Gasteiger charge is -2.29. The van der Waals surface area contributed by atoms with Crippen LogP contribution in [0.3, 0.4) is 0 Å². The van der Waals surface area contributed by atoms with Crippen LogP contribution in [0.1, 0.15) is 51.3 Å². The van der Waals surface area contributed by atoms with Crippen molar-refractivity contribution in [3.05, 3.63) is 17.8 Å². The first kappa shape index (κ1) is 16.8. The third-order valence-electron chi connectivity index (χ3n) is 4.57. The van der Waals surface area contributed by atoms with E-state index in [2.05, 4.69) is 15.3 Å². The number of aryl methyl sites for hydroxylation is 1. The molecule has 0 saturated heterocycles. The maximum Gasteiger partial charge on any atom is 0.244 e. The number of carbonyl (C=O) groups excluding carboxylic acids is 1. The van der Waals surface area contributed by atoms with Gasteiger partial charge < -0.3 is 0 Å². The molecule has 1 fully saturated rings. The van der Waals surface area contributed by atoms with Gasteiger partial charge in [-0.2, -0.15) is 0 Å². The fourth-order valence-electron chi connectivity index (χ4n) is 2.81. The monoisotopic (exact) mass is 336 g/mol. The van der Waals surface area contributed by atoms with E-state index < -0.39 is 17.7 Å². The Bertz CT molecular complexity index is 765. The summed E-state index contributed by atoms with van der Waals surface area (Å²) in [7, 11) is 0. The van der Waals surface area contributed by atoms with Crippen LogP contribution in [-0.2, 0) is 4.79 Å². The molecule has 130 valence electrons. The highest BCUT2D eigenvalue weighted by Gasteiger charge is 2.33. The zero-order chi connectivity index (χ0) is 17.5. The van der Waals surface area contributed by atoms with E-state index in [0.29, 0.717) is 11.5 Å². The van der Waals surface area contributed by atoms with Gasteiger partial charge in [0.15, 0.2) is 5.65 Å². The maximum absolute atomic E-state index is 13.0. The van der Waals surface area contributed by atoms with E-state index in [1.165, 1.54) is 13.8 Å². The van der Waals surface area contributed by atoms with Gasteiger partial charge in [-0.3, -0.25) is 14.7 Å². The summed E-state index contributed by atoms with van der Waals surface area (Å²) in [5, 5.41) is 2.72. The van der Waals surface area contributed by atoms with E-state index in [9.17, 15) is 13.6 Å². The highest BCUT2D eigenvalue weighted by molar-refractivity contribution is 5.91. The molecule has 2 aromatic heterocycles. The largest absolute Gasteiger partial charge is 0.296 e. The van der Waals surface area contributed by atoms with Gasteiger partial charge in [-0.1, -0.05) is 13.8 Å². The van der Waals surface area contributed by atoms with Crippen molar-refractivity contribution < 1.29 is 13.6 Å². The van der Waals surface area contributed by atoms with Gasteiger partial charge in [0.05, 0.1) is 0 Å². The van der Waals surface area contributed by atoms with E-state index in [1.807, 2.05) is 23.6 Å². The number of nitrogens with one attached hydrogen (secondary N) is 1. The van der Waals surface area contributed by atoms with Gasteiger partial charge in [-0.05, 0) is 38.3 Å². The van der Waals surface area contributed by atoms with Crippen molar-refractivity contribution in [2.45, 2.75) is 58.9 Å². The number of aromatic nitrogens is 3. The summed E-state index contributed by atoms with van der Waals surface area (Å²) in [5.74, 6) is -0.0456. The summed E-state index contributed by atoms with van der Waals surface area (Å²) in [4.78, 5) is 21.2. The molecule has 1 aliphatic rings. The molecule has 1 aliphatic carbocycles. The predicted octanol–water partition coefficient (Wildman–Crippen LogP) is 4.08. The van der Waals surface area contributed by atoms with Crippen molar-refractivity contribution in [1.82, 2.24) is 14.5 Å². The number of hydrogen-bond donors (Lipinski definition) is 1. The Kier molecular flexibility index (Phi) is 4.27. The molecule has 7 heteroatoms. The van der Waals surface area contributed by atoms with Crippen LogP contribution in [0, 0.1) is 12.3 Å². The number of pyridine rings is 1. The van der Waals surface area contributed by atoms with Gasteiger partial charge in [0.2, 0.25) is 18.3 Å². The summed E-state index contributed by atoms with van der Waals surface area (Å²) < 4.78 is 27.9. The minimum Gasteiger partial charge on any atom is -0.296 e. The number of imidazole rings is 1. The molecule has 2 heterocycles. The second-order valence-electron chi connectivity index (χ2n) is 7.20. The van der Waals surface area contributed by atoms with E-state index >= 15 is 0 Å². The van der Waals surface area contributed by atoms with Gasteiger partial charge >= 0.3 is 0 Å². The van der Waals surface area contributed by atoms with E-state index in [-0.39, 0.29) is 12.5 Å². The molecule has 3 rings (SSSR count). The zero-order valence-corrected chi connectivity index (χ0v) is 14.1. The number of alkyl halides is 2. The van der Waals surface area contributed by atoms with Crippen molar-refractivity contribution in [2.24, 2.45) is 5.41 Å². The molecular formula is C17H22F2N4O. The van der Waals surface area contributed by atoms with Crippen molar-refractivity contribution in [1.29, 1.82) is 0 Å².